The molecule has 104 valence electrons. The molecule has 1 saturated heterocycles. The minimum atomic E-state index is -0.510. The number of hydrogen-bond acceptors (Lipinski definition) is 4. The number of ether oxygens (including phenoxy) is 1. The second kappa shape index (κ2) is 4.66. The first-order valence-electron chi connectivity index (χ1n) is 6.08. The molecule has 3 N–H and O–H groups in total. The molecular weight excluding hydrogens is 234 g/mol. The molecule has 1 rings (SSSR count). The lowest BCUT2D eigenvalue weighted by Gasteiger charge is -2.51. The Morgan fingerprint density at radius 2 is 1.94 bits per heavy atom. The van der Waals surface area contributed by atoms with Gasteiger partial charge in [0.05, 0.1) is 5.41 Å². The van der Waals surface area contributed by atoms with Crippen LogP contribution in [0.1, 0.15) is 34.6 Å². The second-order valence-corrected chi connectivity index (χ2v) is 6.13. The first-order valence-corrected chi connectivity index (χ1v) is 6.08. The van der Waals surface area contributed by atoms with Crippen LogP contribution in [0.15, 0.2) is 5.16 Å². The summed E-state index contributed by atoms with van der Waals surface area (Å²) in [5.41, 5.74) is 4.78. The summed E-state index contributed by atoms with van der Waals surface area (Å²) in [7, 11) is 0. The smallest absolute Gasteiger partial charge is 0.410 e. The molecule has 6 heteroatoms. The molecule has 1 heterocycles. The van der Waals surface area contributed by atoms with Crippen molar-refractivity contribution < 1.29 is 14.7 Å². The molecule has 0 aromatic heterocycles. The van der Waals surface area contributed by atoms with E-state index in [1.165, 1.54) is 0 Å². The third-order valence-corrected chi connectivity index (χ3v) is 3.32. The highest BCUT2D eigenvalue weighted by atomic mass is 16.6. The van der Waals surface area contributed by atoms with Gasteiger partial charge in [0.2, 0.25) is 0 Å². The molecule has 1 amide bonds. The first-order chi connectivity index (χ1) is 8.12. The predicted octanol–water partition coefficient (Wildman–Crippen LogP) is 1.63. The summed E-state index contributed by atoms with van der Waals surface area (Å²) < 4.78 is 5.27. The third kappa shape index (κ3) is 2.68. The molecule has 0 radical (unpaired) electrons. The van der Waals surface area contributed by atoms with Crippen LogP contribution in [0.3, 0.4) is 0 Å². The van der Waals surface area contributed by atoms with Gasteiger partial charge in [0, 0.05) is 13.1 Å². The average Bonchev–Trinajstić information content (AvgIpc) is 2.11. The lowest BCUT2D eigenvalue weighted by Crippen LogP contribution is -2.66. The summed E-state index contributed by atoms with van der Waals surface area (Å²) in [5, 5.41) is 11.9. The van der Waals surface area contributed by atoms with Crippen molar-refractivity contribution in [2.45, 2.75) is 40.2 Å². The van der Waals surface area contributed by atoms with Gasteiger partial charge in [-0.15, -0.1) is 0 Å². The fourth-order valence-corrected chi connectivity index (χ4v) is 2.01. The fourth-order valence-electron chi connectivity index (χ4n) is 2.01. The van der Waals surface area contributed by atoms with Crippen molar-refractivity contribution in [2.75, 3.05) is 13.1 Å². The van der Waals surface area contributed by atoms with Crippen LogP contribution < -0.4 is 5.73 Å². The van der Waals surface area contributed by atoms with Crippen molar-refractivity contribution in [3.05, 3.63) is 0 Å². The van der Waals surface area contributed by atoms with E-state index >= 15 is 0 Å². The number of hydrogen-bond donors (Lipinski definition) is 2. The highest BCUT2D eigenvalue weighted by Crippen LogP contribution is 2.38. The summed E-state index contributed by atoms with van der Waals surface area (Å²) in [6.45, 7) is 10.3. The Morgan fingerprint density at radius 1 is 1.44 bits per heavy atom. The zero-order chi connectivity index (χ0) is 14.1. The van der Waals surface area contributed by atoms with Gasteiger partial charge in [0.25, 0.3) is 0 Å². The van der Waals surface area contributed by atoms with E-state index in [1.54, 1.807) is 4.90 Å². The summed E-state index contributed by atoms with van der Waals surface area (Å²) in [6.07, 6.45) is -0.357. The lowest BCUT2D eigenvalue weighted by molar-refractivity contribution is -0.0259. The van der Waals surface area contributed by atoms with Gasteiger partial charge in [-0.2, -0.15) is 0 Å². The largest absolute Gasteiger partial charge is 0.444 e. The van der Waals surface area contributed by atoms with Crippen LogP contribution in [-0.2, 0) is 4.74 Å². The Morgan fingerprint density at radius 3 is 2.28 bits per heavy atom. The van der Waals surface area contributed by atoms with Crippen LogP contribution in [-0.4, -0.2) is 40.7 Å². The number of likely N-dealkylation sites (tertiary alicyclic amines) is 1. The van der Waals surface area contributed by atoms with Crippen LogP contribution in [0, 0.1) is 11.3 Å². The number of carbonyl (C=O) groups excluding carboxylic acids is 1. The maximum Gasteiger partial charge on any atom is 0.410 e. The van der Waals surface area contributed by atoms with Crippen LogP contribution in [0.5, 0.6) is 0 Å². The average molecular weight is 257 g/mol. The molecule has 0 aromatic carbocycles. The molecule has 1 aliphatic heterocycles. The molecule has 0 aliphatic carbocycles. The first kappa shape index (κ1) is 14.6. The van der Waals surface area contributed by atoms with Gasteiger partial charge in [-0.1, -0.05) is 19.0 Å². The van der Waals surface area contributed by atoms with Crippen molar-refractivity contribution in [3.8, 4) is 0 Å². The minimum absolute atomic E-state index is 0.178. The van der Waals surface area contributed by atoms with E-state index in [4.69, 9.17) is 15.7 Å². The van der Waals surface area contributed by atoms with E-state index in [1.807, 2.05) is 34.6 Å². The molecule has 0 unspecified atom stereocenters. The predicted molar refractivity (Wildman–Crippen MR) is 68.5 cm³/mol. The van der Waals surface area contributed by atoms with Crippen LogP contribution in [0.2, 0.25) is 0 Å². The van der Waals surface area contributed by atoms with Gasteiger partial charge in [-0.3, -0.25) is 0 Å². The quantitative estimate of drug-likeness (QED) is 0.340. The van der Waals surface area contributed by atoms with Gasteiger partial charge >= 0.3 is 6.09 Å². The Bertz CT molecular complexity index is 352. The monoisotopic (exact) mass is 257 g/mol. The highest BCUT2D eigenvalue weighted by Gasteiger charge is 2.51. The second-order valence-electron chi connectivity index (χ2n) is 6.13. The van der Waals surface area contributed by atoms with E-state index in [0.29, 0.717) is 13.1 Å². The molecule has 6 nitrogen and oxygen atoms in total. The number of amides is 1. The fraction of sp³-hybridized carbons (Fsp3) is 0.833. The van der Waals surface area contributed by atoms with E-state index in [-0.39, 0.29) is 17.8 Å². The van der Waals surface area contributed by atoms with Gasteiger partial charge in [0.15, 0.2) is 0 Å². The summed E-state index contributed by atoms with van der Waals surface area (Å²) in [6, 6.07) is 0. The molecule has 1 aliphatic rings. The maximum absolute atomic E-state index is 11.8. The normalized spacial score (nSPS) is 19.7. The summed E-state index contributed by atoms with van der Waals surface area (Å²) >= 11 is 0. The van der Waals surface area contributed by atoms with Crippen LogP contribution >= 0.6 is 0 Å². The van der Waals surface area contributed by atoms with Gasteiger partial charge in [-0.25, -0.2) is 4.79 Å². The molecule has 0 aromatic rings. The zero-order valence-electron chi connectivity index (χ0n) is 11.7. The summed E-state index contributed by atoms with van der Waals surface area (Å²) in [4.78, 5) is 13.4. The number of carbonyl (C=O) groups is 1. The number of rotatable bonds is 2. The Balaban J connectivity index is 2.68. The molecule has 1 fully saturated rings. The van der Waals surface area contributed by atoms with Crippen molar-refractivity contribution in [1.82, 2.24) is 4.90 Å². The molecule has 0 bridgehead atoms. The number of amidine groups is 1. The standard InChI is InChI=1S/C12H23N3O3/c1-8(2)12(9(13)14-17)6-15(7-12)10(16)18-11(3,4)5/h8,17H,6-7H2,1-5H3,(H2,13,14). The number of nitrogens with zero attached hydrogens (tertiary/aromatic N) is 2. The highest BCUT2D eigenvalue weighted by molar-refractivity contribution is 5.89. The van der Waals surface area contributed by atoms with Crippen LogP contribution in [0.25, 0.3) is 0 Å². The van der Waals surface area contributed by atoms with Crippen LogP contribution in [0.4, 0.5) is 4.79 Å². The van der Waals surface area contributed by atoms with Crippen molar-refractivity contribution in [1.29, 1.82) is 0 Å². The van der Waals surface area contributed by atoms with Gasteiger partial charge in [-0.05, 0) is 26.7 Å². The molecule has 18 heavy (non-hydrogen) atoms. The van der Waals surface area contributed by atoms with E-state index in [0.717, 1.165) is 0 Å². The Kier molecular flexibility index (Phi) is 3.78. The van der Waals surface area contributed by atoms with Crippen molar-refractivity contribution in [3.63, 3.8) is 0 Å². The van der Waals surface area contributed by atoms with Gasteiger partial charge < -0.3 is 20.6 Å². The summed E-state index contributed by atoms with van der Waals surface area (Å²) in [5.74, 6) is 0.365. The van der Waals surface area contributed by atoms with Crippen molar-refractivity contribution >= 4 is 11.9 Å². The molecule has 0 saturated carbocycles. The van der Waals surface area contributed by atoms with E-state index in [9.17, 15) is 4.79 Å². The third-order valence-electron chi connectivity index (χ3n) is 3.32. The van der Waals surface area contributed by atoms with E-state index < -0.39 is 11.0 Å². The zero-order valence-corrected chi connectivity index (χ0v) is 11.7. The Hall–Kier alpha value is -1.46. The number of nitrogens with two attached hydrogens (primary N) is 1. The Labute approximate surface area is 108 Å². The molecular formula is C12H23N3O3. The van der Waals surface area contributed by atoms with Crippen molar-refractivity contribution in [2.24, 2.45) is 22.2 Å². The SMILES string of the molecule is CC(C)C1(/C(N)=N/O)CN(C(=O)OC(C)(C)C)C1. The molecule has 0 spiro atoms. The lowest BCUT2D eigenvalue weighted by atomic mass is 9.70. The number of oxime groups is 1. The van der Waals surface area contributed by atoms with Gasteiger partial charge in [0.1, 0.15) is 11.4 Å². The topological polar surface area (TPSA) is 88.2 Å². The maximum atomic E-state index is 11.8. The van der Waals surface area contributed by atoms with E-state index in [2.05, 4.69) is 5.16 Å². The molecule has 0 atom stereocenters. The minimum Gasteiger partial charge on any atom is -0.444 e.